The van der Waals surface area contributed by atoms with Crippen molar-refractivity contribution in [1.82, 2.24) is 0 Å². The third-order valence-corrected chi connectivity index (χ3v) is 3.83. The van der Waals surface area contributed by atoms with Gasteiger partial charge in [0.25, 0.3) is 0 Å². The summed E-state index contributed by atoms with van der Waals surface area (Å²) in [7, 11) is 0. The maximum Gasteiger partial charge on any atom is 0.237 e. The molecule has 1 amide bonds. The van der Waals surface area contributed by atoms with Gasteiger partial charge in [0.1, 0.15) is 0 Å². The van der Waals surface area contributed by atoms with Gasteiger partial charge < -0.3 is 15.8 Å². The largest absolute Gasteiger partial charge is 0.399 e. The molecule has 1 fully saturated rings. The third-order valence-electron chi connectivity index (χ3n) is 2.55. The third kappa shape index (κ3) is 3.38. The van der Waals surface area contributed by atoms with Crippen molar-refractivity contribution >= 4 is 29.0 Å². The first-order valence-electron chi connectivity index (χ1n) is 5.55. The Kier molecular flexibility index (Phi) is 3.91. The minimum Gasteiger partial charge on any atom is -0.399 e. The van der Waals surface area contributed by atoms with Crippen LogP contribution in [-0.4, -0.2) is 29.6 Å². The van der Waals surface area contributed by atoms with Crippen LogP contribution in [0.4, 0.5) is 11.4 Å². The number of anilines is 2. The standard InChI is InChI=1S/C12H16N2O2S/c1-8(17-11-6-16-7-11)12(15)14-10-4-2-9(13)3-5-10/h2-5,8,11H,6-7,13H2,1H3,(H,14,15). The van der Waals surface area contributed by atoms with Crippen molar-refractivity contribution in [1.29, 1.82) is 0 Å². The van der Waals surface area contributed by atoms with Crippen LogP contribution in [0.1, 0.15) is 6.92 Å². The maximum absolute atomic E-state index is 11.9. The van der Waals surface area contributed by atoms with E-state index in [1.54, 1.807) is 36.0 Å². The molecule has 0 saturated carbocycles. The zero-order valence-corrected chi connectivity index (χ0v) is 10.5. The summed E-state index contributed by atoms with van der Waals surface area (Å²) in [6.07, 6.45) is 0. The number of nitrogens with one attached hydrogen (secondary N) is 1. The summed E-state index contributed by atoms with van der Waals surface area (Å²) in [6, 6.07) is 7.15. The van der Waals surface area contributed by atoms with E-state index >= 15 is 0 Å². The van der Waals surface area contributed by atoms with E-state index in [0.717, 1.165) is 18.9 Å². The zero-order valence-electron chi connectivity index (χ0n) is 9.68. The number of thioether (sulfide) groups is 1. The molecular formula is C12H16N2O2S. The molecule has 17 heavy (non-hydrogen) atoms. The Morgan fingerprint density at radius 1 is 1.47 bits per heavy atom. The highest BCUT2D eigenvalue weighted by molar-refractivity contribution is 8.01. The summed E-state index contributed by atoms with van der Waals surface area (Å²) in [5, 5.41) is 3.26. The highest BCUT2D eigenvalue weighted by Gasteiger charge is 2.24. The van der Waals surface area contributed by atoms with Crippen molar-refractivity contribution in [3.63, 3.8) is 0 Å². The molecule has 1 aliphatic rings. The summed E-state index contributed by atoms with van der Waals surface area (Å²) < 4.78 is 5.08. The Bertz CT molecular complexity index is 390. The van der Waals surface area contributed by atoms with Gasteiger partial charge in [0.2, 0.25) is 5.91 Å². The van der Waals surface area contributed by atoms with Crippen molar-refractivity contribution in [2.75, 3.05) is 24.3 Å². The van der Waals surface area contributed by atoms with E-state index < -0.39 is 0 Å². The van der Waals surface area contributed by atoms with Crippen LogP contribution >= 0.6 is 11.8 Å². The van der Waals surface area contributed by atoms with Crippen LogP contribution < -0.4 is 11.1 Å². The maximum atomic E-state index is 11.9. The normalized spacial score (nSPS) is 17.2. The summed E-state index contributed by atoms with van der Waals surface area (Å²) in [4.78, 5) is 11.9. The van der Waals surface area contributed by atoms with Crippen molar-refractivity contribution in [2.45, 2.75) is 17.4 Å². The van der Waals surface area contributed by atoms with Gasteiger partial charge in [-0.15, -0.1) is 11.8 Å². The van der Waals surface area contributed by atoms with Gasteiger partial charge in [0.15, 0.2) is 0 Å². The summed E-state index contributed by atoms with van der Waals surface area (Å²) in [6.45, 7) is 3.42. The molecule has 2 rings (SSSR count). The van der Waals surface area contributed by atoms with Crippen LogP contribution in [0.2, 0.25) is 0 Å². The van der Waals surface area contributed by atoms with Crippen LogP contribution in [-0.2, 0) is 9.53 Å². The average Bonchev–Trinajstić information content (AvgIpc) is 2.26. The number of nitrogens with two attached hydrogens (primary N) is 1. The fourth-order valence-electron chi connectivity index (χ4n) is 1.45. The highest BCUT2D eigenvalue weighted by Crippen LogP contribution is 2.24. The van der Waals surface area contributed by atoms with E-state index in [-0.39, 0.29) is 11.2 Å². The molecule has 1 atom stereocenters. The molecule has 1 unspecified atom stereocenters. The second-order valence-corrected chi connectivity index (χ2v) is 5.69. The number of rotatable bonds is 4. The molecular weight excluding hydrogens is 236 g/mol. The van der Waals surface area contributed by atoms with E-state index in [4.69, 9.17) is 10.5 Å². The van der Waals surface area contributed by atoms with E-state index in [1.165, 1.54) is 0 Å². The van der Waals surface area contributed by atoms with Gasteiger partial charge in [-0.25, -0.2) is 0 Å². The van der Waals surface area contributed by atoms with Crippen LogP contribution in [0.25, 0.3) is 0 Å². The summed E-state index contributed by atoms with van der Waals surface area (Å²) in [5.41, 5.74) is 7.05. The number of carbonyl (C=O) groups excluding carboxylic acids is 1. The molecule has 1 saturated heterocycles. The van der Waals surface area contributed by atoms with Gasteiger partial charge in [0.05, 0.1) is 23.7 Å². The SMILES string of the molecule is CC(SC1COC1)C(=O)Nc1ccc(N)cc1. The Morgan fingerprint density at radius 2 is 2.12 bits per heavy atom. The van der Waals surface area contributed by atoms with Crippen LogP contribution in [0.3, 0.4) is 0 Å². The van der Waals surface area contributed by atoms with E-state index in [9.17, 15) is 4.79 Å². The van der Waals surface area contributed by atoms with Crippen molar-refractivity contribution in [2.24, 2.45) is 0 Å². The molecule has 1 aromatic carbocycles. The topological polar surface area (TPSA) is 64.3 Å². The highest BCUT2D eigenvalue weighted by atomic mass is 32.2. The second-order valence-electron chi connectivity index (χ2n) is 4.05. The van der Waals surface area contributed by atoms with Gasteiger partial charge in [-0.1, -0.05) is 0 Å². The number of hydrogen-bond donors (Lipinski definition) is 2. The number of ether oxygens (including phenoxy) is 1. The fourth-order valence-corrected chi connectivity index (χ4v) is 2.56. The number of hydrogen-bond acceptors (Lipinski definition) is 4. The minimum absolute atomic E-state index is 0.0201. The van der Waals surface area contributed by atoms with Crippen LogP contribution in [0.5, 0.6) is 0 Å². The van der Waals surface area contributed by atoms with E-state index in [2.05, 4.69) is 5.32 Å². The lowest BCUT2D eigenvalue weighted by Crippen LogP contribution is -2.34. The first kappa shape index (κ1) is 12.3. The number of amides is 1. The molecule has 5 heteroatoms. The molecule has 0 aliphatic carbocycles. The van der Waals surface area contributed by atoms with Gasteiger partial charge in [-0.2, -0.15) is 0 Å². The van der Waals surface area contributed by atoms with Crippen LogP contribution in [0, 0.1) is 0 Å². The van der Waals surface area contributed by atoms with E-state index in [1.807, 2.05) is 6.92 Å². The van der Waals surface area contributed by atoms with Gasteiger partial charge in [-0.05, 0) is 31.2 Å². The van der Waals surface area contributed by atoms with Crippen LogP contribution in [0.15, 0.2) is 24.3 Å². The Morgan fingerprint density at radius 3 is 2.65 bits per heavy atom. The molecule has 1 aromatic rings. The Labute approximate surface area is 105 Å². The minimum atomic E-state index is -0.0681. The van der Waals surface area contributed by atoms with Crippen molar-refractivity contribution < 1.29 is 9.53 Å². The lowest BCUT2D eigenvalue weighted by Gasteiger charge is -2.27. The zero-order chi connectivity index (χ0) is 12.3. The molecule has 1 aliphatic heterocycles. The molecule has 0 spiro atoms. The predicted molar refractivity (Wildman–Crippen MR) is 71.1 cm³/mol. The molecule has 1 heterocycles. The van der Waals surface area contributed by atoms with Gasteiger partial charge in [0, 0.05) is 11.4 Å². The van der Waals surface area contributed by atoms with Gasteiger partial charge >= 0.3 is 0 Å². The Balaban J connectivity index is 1.84. The first-order chi connectivity index (χ1) is 8.15. The van der Waals surface area contributed by atoms with Crippen molar-refractivity contribution in [3.05, 3.63) is 24.3 Å². The molecule has 0 aromatic heterocycles. The predicted octanol–water partition coefficient (Wildman–Crippen LogP) is 1.73. The molecule has 0 radical (unpaired) electrons. The monoisotopic (exact) mass is 252 g/mol. The number of nitrogen functional groups attached to an aromatic ring is 1. The molecule has 0 bridgehead atoms. The quantitative estimate of drug-likeness (QED) is 0.801. The summed E-state index contributed by atoms with van der Waals surface area (Å²) >= 11 is 1.66. The lowest BCUT2D eigenvalue weighted by atomic mass is 10.3. The fraction of sp³-hybridized carbons (Fsp3) is 0.417. The van der Waals surface area contributed by atoms with E-state index in [0.29, 0.717) is 10.9 Å². The second kappa shape index (κ2) is 5.42. The molecule has 4 nitrogen and oxygen atoms in total. The number of benzene rings is 1. The van der Waals surface area contributed by atoms with Crippen molar-refractivity contribution in [3.8, 4) is 0 Å². The number of carbonyl (C=O) groups is 1. The Hall–Kier alpha value is -1.20. The first-order valence-corrected chi connectivity index (χ1v) is 6.49. The smallest absolute Gasteiger partial charge is 0.237 e. The lowest BCUT2D eigenvalue weighted by molar-refractivity contribution is -0.115. The van der Waals surface area contributed by atoms with Gasteiger partial charge in [-0.3, -0.25) is 4.79 Å². The molecule has 3 N–H and O–H groups in total. The average molecular weight is 252 g/mol. The summed E-state index contributed by atoms with van der Waals surface area (Å²) in [5.74, 6) is 0.0201. The molecule has 92 valence electrons.